The van der Waals surface area contributed by atoms with Crippen molar-refractivity contribution in [3.8, 4) is 0 Å². The summed E-state index contributed by atoms with van der Waals surface area (Å²) in [7, 11) is 0. The second-order valence-corrected chi connectivity index (χ2v) is 22.8. The third-order valence-corrected chi connectivity index (χ3v) is 15.7. The maximum absolute atomic E-state index is 12.5. The molecule has 0 saturated carbocycles. The Morgan fingerprint density at radius 2 is 0.577 bits per heavy atom. The van der Waals surface area contributed by atoms with Gasteiger partial charge in [-0.25, -0.2) is 0 Å². The maximum Gasteiger partial charge on any atom is 0.305 e. The summed E-state index contributed by atoms with van der Waals surface area (Å²) >= 11 is 0. The molecule has 0 radical (unpaired) electrons. The fourth-order valence-electron chi connectivity index (χ4n) is 10.6. The van der Waals surface area contributed by atoms with Crippen LogP contribution in [0.4, 0.5) is 0 Å². The molecule has 0 aromatic heterocycles. The molecule has 2 unspecified atom stereocenters. The number of aliphatic hydroxyl groups excluding tert-OH is 2. The molecule has 6 nitrogen and oxygen atoms in total. The van der Waals surface area contributed by atoms with Crippen LogP contribution < -0.4 is 5.32 Å². The van der Waals surface area contributed by atoms with E-state index in [1.165, 1.54) is 308 Å². The van der Waals surface area contributed by atoms with Gasteiger partial charge in [-0.15, -0.1) is 0 Å². The van der Waals surface area contributed by atoms with Crippen molar-refractivity contribution in [3.05, 3.63) is 0 Å². The number of hydrogen-bond donors (Lipinski definition) is 3. The molecule has 0 bridgehead atoms. The maximum atomic E-state index is 12.5. The Hall–Kier alpha value is -1.14. The number of aliphatic hydroxyl groups is 2. The fraction of sp³-hybridized carbons (Fsp3) is 0.969. The van der Waals surface area contributed by atoms with E-state index in [-0.39, 0.29) is 18.5 Å². The van der Waals surface area contributed by atoms with Crippen LogP contribution in [0.5, 0.6) is 0 Å². The lowest BCUT2D eigenvalue weighted by Gasteiger charge is -2.22. The van der Waals surface area contributed by atoms with E-state index in [0.29, 0.717) is 25.9 Å². The summed E-state index contributed by atoms with van der Waals surface area (Å²) in [6, 6.07) is -0.537. The van der Waals surface area contributed by atoms with Crippen LogP contribution >= 0.6 is 0 Å². The molecule has 2 atom stereocenters. The molecule has 71 heavy (non-hydrogen) atoms. The third-order valence-electron chi connectivity index (χ3n) is 15.7. The minimum absolute atomic E-state index is 0.0213. The molecule has 0 heterocycles. The lowest BCUT2D eigenvalue weighted by Crippen LogP contribution is -2.45. The third kappa shape index (κ3) is 58.0. The summed E-state index contributed by atoms with van der Waals surface area (Å²) in [4.78, 5) is 24.5. The Kier molecular flexibility index (Phi) is 60.4. The predicted octanol–water partition coefficient (Wildman–Crippen LogP) is 20.6. The molecule has 6 heteroatoms. The number of esters is 1. The number of carbonyl (C=O) groups is 2. The highest BCUT2D eigenvalue weighted by atomic mass is 16.5. The van der Waals surface area contributed by atoms with E-state index < -0.39 is 12.1 Å². The SMILES string of the molecule is CCCCCCCCCCCCCCCCC(=O)OCCCCCCCCCCCCCCCCCCCCCCCCCCCCCC(=O)NC(CO)C(O)CCCCCCCCCCCCCCC. The van der Waals surface area contributed by atoms with Crippen molar-refractivity contribution >= 4 is 11.9 Å². The molecule has 0 saturated heterocycles. The number of hydrogen-bond acceptors (Lipinski definition) is 5. The van der Waals surface area contributed by atoms with Gasteiger partial charge < -0.3 is 20.3 Å². The van der Waals surface area contributed by atoms with Gasteiger partial charge in [-0.05, 0) is 25.7 Å². The van der Waals surface area contributed by atoms with Gasteiger partial charge >= 0.3 is 5.97 Å². The van der Waals surface area contributed by atoms with E-state index >= 15 is 0 Å². The van der Waals surface area contributed by atoms with Crippen molar-refractivity contribution in [2.75, 3.05) is 13.2 Å². The van der Waals surface area contributed by atoms with Crippen LogP contribution in [0, 0.1) is 0 Å². The van der Waals surface area contributed by atoms with Gasteiger partial charge in [-0.2, -0.15) is 0 Å². The summed E-state index contributed by atoms with van der Waals surface area (Å²) in [5.41, 5.74) is 0. The van der Waals surface area contributed by atoms with Crippen LogP contribution in [0.25, 0.3) is 0 Å². The van der Waals surface area contributed by atoms with E-state index in [9.17, 15) is 19.8 Å². The van der Waals surface area contributed by atoms with E-state index in [1.54, 1.807) is 0 Å². The number of carbonyl (C=O) groups excluding carboxylic acids is 2. The second kappa shape index (κ2) is 61.4. The van der Waals surface area contributed by atoms with E-state index in [4.69, 9.17) is 4.74 Å². The molecule has 0 aromatic carbocycles. The van der Waals surface area contributed by atoms with Crippen LogP contribution in [0.1, 0.15) is 380 Å². The van der Waals surface area contributed by atoms with Crippen molar-refractivity contribution in [1.82, 2.24) is 5.32 Å². The largest absolute Gasteiger partial charge is 0.466 e. The van der Waals surface area contributed by atoms with E-state index in [1.807, 2.05) is 0 Å². The standard InChI is InChI=1S/C65H129NO5/c1-3-5-7-9-11-13-15-17-35-39-43-47-51-55-59-65(70)71-60-56-52-48-44-40-36-32-30-28-26-24-22-20-18-19-21-23-25-27-29-31-34-38-42-46-50-54-58-64(69)66-62(61-67)63(68)57-53-49-45-41-37-33-16-14-12-10-8-6-4-2/h62-63,67-68H,3-61H2,1-2H3,(H,66,69). The Balaban J connectivity index is 3.32. The van der Waals surface area contributed by atoms with E-state index in [2.05, 4.69) is 19.2 Å². The Morgan fingerprint density at radius 3 is 0.859 bits per heavy atom. The predicted molar refractivity (Wildman–Crippen MR) is 310 cm³/mol. The average molecular weight is 1000 g/mol. The Morgan fingerprint density at radius 1 is 0.338 bits per heavy atom. The first kappa shape index (κ1) is 69.9. The first-order valence-electron chi connectivity index (χ1n) is 32.8. The molecule has 0 aliphatic carbocycles. The normalized spacial score (nSPS) is 12.5. The minimum Gasteiger partial charge on any atom is -0.466 e. The zero-order valence-corrected chi connectivity index (χ0v) is 48.5. The van der Waals surface area contributed by atoms with Gasteiger partial charge in [0.2, 0.25) is 5.91 Å². The minimum atomic E-state index is -0.660. The molecule has 0 spiro atoms. The molecular weight excluding hydrogens is 875 g/mol. The number of ether oxygens (including phenoxy) is 1. The molecule has 3 N–H and O–H groups in total. The lowest BCUT2D eigenvalue weighted by molar-refractivity contribution is -0.143. The molecule has 0 rings (SSSR count). The summed E-state index contributed by atoms with van der Waals surface area (Å²) in [5.74, 6) is -0.00842. The lowest BCUT2D eigenvalue weighted by atomic mass is 10.0. The fourth-order valence-corrected chi connectivity index (χ4v) is 10.6. The molecule has 0 aliphatic heterocycles. The van der Waals surface area contributed by atoms with Crippen molar-refractivity contribution in [1.29, 1.82) is 0 Å². The van der Waals surface area contributed by atoms with Crippen LogP contribution in [0.15, 0.2) is 0 Å². The summed E-state index contributed by atoms with van der Waals surface area (Å²) in [6.07, 6.45) is 72.8. The molecule has 0 aromatic rings. The van der Waals surface area contributed by atoms with Gasteiger partial charge in [0.25, 0.3) is 0 Å². The first-order chi connectivity index (χ1) is 35.0. The Labute approximate surface area is 445 Å². The highest BCUT2D eigenvalue weighted by Gasteiger charge is 2.20. The van der Waals surface area contributed by atoms with Crippen molar-refractivity contribution < 1.29 is 24.5 Å². The van der Waals surface area contributed by atoms with Crippen molar-refractivity contribution in [2.24, 2.45) is 0 Å². The van der Waals surface area contributed by atoms with Crippen LogP contribution in [-0.4, -0.2) is 47.4 Å². The number of nitrogens with one attached hydrogen (secondary N) is 1. The number of amides is 1. The molecule has 0 fully saturated rings. The van der Waals surface area contributed by atoms with Gasteiger partial charge in [0.1, 0.15) is 0 Å². The van der Waals surface area contributed by atoms with Gasteiger partial charge in [0.05, 0.1) is 25.4 Å². The quantitative estimate of drug-likeness (QED) is 0.0417. The summed E-state index contributed by atoms with van der Waals surface area (Å²) < 4.78 is 5.49. The van der Waals surface area contributed by atoms with Gasteiger partial charge in [-0.3, -0.25) is 9.59 Å². The number of rotatable bonds is 62. The van der Waals surface area contributed by atoms with Crippen molar-refractivity contribution in [3.63, 3.8) is 0 Å². The van der Waals surface area contributed by atoms with E-state index in [0.717, 1.165) is 38.5 Å². The van der Waals surface area contributed by atoms with Crippen LogP contribution in [0.2, 0.25) is 0 Å². The summed E-state index contributed by atoms with van der Waals surface area (Å²) in [5, 5.41) is 23.3. The first-order valence-corrected chi connectivity index (χ1v) is 32.8. The van der Waals surface area contributed by atoms with Crippen LogP contribution in [-0.2, 0) is 14.3 Å². The number of unbranched alkanes of at least 4 members (excludes halogenated alkanes) is 51. The highest BCUT2D eigenvalue weighted by Crippen LogP contribution is 2.19. The second-order valence-electron chi connectivity index (χ2n) is 22.8. The average Bonchev–Trinajstić information content (AvgIpc) is 3.37. The summed E-state index contributed by atoms with van der Waals surface area (Å²) in [6.45, 7) is 4.99. The van der Waals surface area contributed by atoms with Crippen molar-refractivity contribution in [2.45, 2.75) is 392 Å². The molecule has 424 valence electrons. The molecule has 1 amide bonds. The smallest absolute Gasteiger partial charge is 0.305 e. The zero-order valence-electron chi connectivity index (χ0n) is 48.5. The zero-order chi connectivity index (χ0) is 51.4. The monoisotopic (exact) mass is 1000 g/mol. The van der Waals surface area contributed by atoms with Crippen LogP contribution in [0.3, 0.4) is 0 Å². The topological polar surface area (TPSA) is 95.9 Å². The van der Waals surface area contributed by atoms with Gasteiger partial charge in [-0.1, -0.05) is 341 Å². The van der Waals surface area contributed by atoms with Gasteiger partial charge in [0, 0.05) is 12.8 Å². The van der Waals surface area contributed by atoms with Gasteiger partial charge in [0.15, 0.2) is 0 Å². The molecule has 0 aliphatic rings. The Bertz CT molecular complexity index is 1020. The highest BCUT2D eigenvalue weighted by molar-refractivity contribution is 5.76. The molecular formula is C65H129NO5.